The summed E-state index contributed by atoms with van der Waals surface area (Å²) in [5.74, 6) is 0. The summed E-state index contributed by atoms with van der Waals surface area (Å²) < 4.78 is 20.4. The fourth-order valence-corrected chi connectivity index (χ4v) is 1.01. The van der Waals surface area contributed by atoms with Crippen molar-refractivity contribution < 1.29 is 8.42 Å². The predicted octanol–water partition coefficient (Wildman–Crippen LogP) is 2.14. The van der Waals surface area contributed by atoms with Crippen molar-refractivity contribution >= 4 is 15.7 Å². The highest BCUT2D eigenvalue weighted by Crippen LogP contribution is 1.96. The van der Waals surface area contributed by atoms with Crippen LogP contribution in [0, 0.1) is 0 Å². The van der Waals surface area contributed by atoms with E-state index < -0.39 is 10.3 Å². The van der Waals surface area contributed by atoms with Crippen LogP contribution in [-0.4, -0.2) is 13.8 Å². The lowest BCUT2D eigenvalue weighted by Crippen LogP contribution is -1.77. The number of rotatable bonds is 4. The SMILES string of the molecule is C=C(C=CCC=C(C)C)C=S(=O)=O. The molecule has 0 saturated heterocycles. The summed E-state index contributed by atoms with van der Waals surface area (Å²) in [6.07, 6.45) is 6.42. The molecule has 3 heteroatoms. The summed E-state index contributed by atoms with van der Waals surface area (Å²) in [4.78, 5) is 0. The van der Waals surface area contributed by atoms with Crippen molar-refractivity contribution in [3.05, 3.63) is 36.0 Å². The van der Waals surface area contributed by atoms with Gasteiger partial charge in [-0.15, -0.1) is 0 Å². The van der Waals surface area contributed by atoms with Gasteiger partial charge in [-0.3, -0.25) is 0 Å². The Bertz CT molecular complexity index is 344. The van der Waals surface area contributed by atoms with E-state index in [2.05, 4.69) is 12.7 Å². The average molecular weight is 198 g/mol. The smallest absolute Gasteiger partial charge is 0.185 e. The minimum absolute atomic E-state index is 0.496. The first-order chi connectivity index (χ1) is 6.02. The van der Waals surface area contributed by atoms with Gasteiger partial charge in [0.2, 0.25) is 10.3 Å². The number of hydrogen-bond acceptors (Lipinski definition) is 2. The predicted molar refractivity (Wildman–Crippen MR) is 57.3 cm³/mol. The van der Waals surface area contributed by atoms with Gasteiger partial charge >= 0.3 is 0 Å². The molecule has 0 amide bonds. The Labute approximate surface area is 80.8 Å². The molecular formula is C10H14O2S. The van der Waals surface area contributed by atoms with Crippen molar-refractivity contribution in [2.75, 3.05) is 0 Å². The summed E-state index contributed by atoms with van der Waals surface area (Å²) in [6, 6.07) is 0. The Morgan fingerprint density at radius 1 is 1.38 bits per heavy atom. The van der Waals surface area contributed by atoms with Gasteiger partial charge in [0.05, 0.1) is 5.37 Å². The highest BCUT2D eigenvalue weighted by atomic mass is 32.2. The van der Waals surface area contributed by atoms with Gasteiger partial charge < -0.3 is 0 Å². The van der Waals surface area contributed by atoms with Crippen LogP contribution in [0.5, 0.6) is 0 Å². The first-order valence-corrected chi connectivity index (χ1v) is 5.08. The van der Waals surface area contributed by atoms with Crippen LogP contribution in [0.3, 0.4) is 0 Å². The molecule has 0 aromatic heterocycles. The van der Waals surface area contributed by atoms with E-state index in [0.717, 1.165) is 11.8 Å². The van der Waals surface area contributed by atoms with Crippen molar-refractivity contribution in [2.45, 2.75) is 20.3 Å². The van der Waals surface area contributed by atoms with Crippen LogP contribution in [-0.2, 0) is 10.3 Å². The van der Waals surface area contributed by atoms with Gasteiger partial charge in [0.25, 0.3) is 0 Å². The van der Waals surface area contributed by atoms with E-state index in [4.69, 9.17) is 0 Å². The molecule has 0 aliphatic carbocycles. The minimum atomic E-state index is -2.15. The molecule has 0 aliphatic heterocycles. The van der Waals surface area contributed by atoms with Gasteiger partial charge in [-0.1, -0.05) is 30.4 Å². The summed E-state index contributed by atoms with van der Waals surface area (Å²) in [5.41, 5.74) is 1.74. The van der Waals surface area contributed by atoms with Crippen LogP contribution in [0.2, 0.25) is 0 Å². The summed E-state index contributed by atoms with van der Waals surface area (Å²) in [5, 5.41) is 1.08. The molecule has 0 heterocycles. The lowest BCUT2D eigenvalue weighted by Gasteiger charge is -1.86. The molecule has 0 fully saturated rings. The molecule has 0 bridgehead atoms. The van der Waals surface area contributed by atoms with Gasteiger partial charge in [-0.25, -0.2) is 0 Å². The Kier molecular flexibility index (Phi) is 5.89. The molecule has 0 radical (unpaired) electrons. The molecular weight excluding hydrogens is 184 g/mol. The standard InChI is InChI=1S/C10H14O2S/c1-9(2)6-4-5-7-10(3)8-13(11)12/h5-8H,3-4H2,1-2H3. The molecule has 0 atom stereocenters. The first kappa shape index (κ1) is 11.9. The Balaban J connectivity index is 4.08. The molecule has 0 N–H and O–H groups in total. The Morgan fingerprint density at radius 3 is 2.46 bits per heavy atom. The van der Waals surface area contributed by atoms with Gasteiger partial charge in [0.1, 0.15) is 0 Å². The van der Waals surface area contributed by atoms with E-state index in [1.807, 2.05) is 19.9 Å². The zero-order chi connectivity index (χ0) is 10.3. The van der Waals surface area contributed by atoms with Crippen molar-refractivity contribution in [2.24, 2.45) is 0 Å². The van der Waals surface area contributed by atoms with E-state index in [0.29, 0.717) is 5.57 Å². The number of allylic oxidation sites excluding steroid dienone is 5. The fourth-order valence-electron chi connectivity index (χ4n) is 0.686. The molecule has 0 rings (SSSR count). The maximum Gasteiger partial charge on any atom is 0.214 e. The summed E-state index contributed by atoms with van der Waals surface area (Å²) >= 11 is 0. The topological polar surface area (TPSA) is 34.1 Å². The maximum absolute atomic E-state index is 10.2. The first-order valence-electron chi connectivity index (χ1n) is 3.94. The van der Waals surface area contributed by atoms with E-state index in [1.54, 1.807) is 6.08 Å². The third-order valence-corrected chi connectivity index (χ3v) is 1.74. The van der Waals surface area contributed by atoms with Gasteiger partial charge in [0.15, 0.2) is 0 Å². The maximum atomic E-state index is 10.2. The molecule has 0 saturated carbocycles. The van der Waals surface area contributed by atoms with Gasteiger partial charge in [0, 0.05) is 0 Å². The summed E-state index contributed by atoms with van der Waals surface area (Å²) in [7, 11) is -2.15. The van der Waals surface area contributed by atoms with Crippen molar-refractivity contribution in [1.29, 1.82) is 0 Å². The molecule has 0 aliphatic rings. The van der Waals surface area contributed by atoms with Crippen LogP contribution in [0.25, 0.3) is 0 Å². The number of hydrogen-bond donors (Lipinski definition) is 0. The van der Waals surface area contributed by atoms with E-state index >= 15 is 0 Å². The Hall–Kier alpha value is -1.09. The monoisotopic (exact) mass is 198 g/mol. The molecule has 72 valence electrons. The largest absolute Gasteiger partial charge is 0.214 e. The van der Waals surface area contributed by atoms with Gasteiger partial charge in [-0.05, 0) is 25.8 Å². The van der Waals surface area contributed by atoms with Crippen LogP contribution in [0.15, 0.2) is 36.0 Å². The van der Waals surface area contributed by atoms with Crippen LogP contribution < -0.4 is 0 Å². The highest BCUT2D eigenvalue weighted by molar-refractivity contribution is 7.71. The zero-order valence-corrected chi connectivity index (χ0v) is 8.76. The molecule has 0 aromatic rings. The average Bonchev–Trinajstić information content (AvgIpc) is 1.96. The highest BCUT2D eigenvalue weighted by Gasteiger charge is 1.81. The van der Waals surface area contributed by atoms with E-state index in [9.17, 15) is 8.42 Å². The van der Waals surface area contributed by atoms with E-state index in [-0.39, 0.29) is 0 Å². The second kappa shape index (κ2) is 6.43. The lowest BCUT2D eigenvalue weighted by atomic mass is 10.2. The quantitative estimate of drug-likeness (QED) is 0.300. The minimum Gasteiger partial charge on any atom is -0.185 e. The van der Waals surface area contributed by atoms with Gasteiger partial charge in [-0.2, -0.15) is 8.42 Å². The fraction of sp³-hybridized carbons (Fsp3) is 0.300. The van der Waals surface area contributed by atoms with E-state index in [1.165, 1.54) is 5.57 Å². The lowest BCUT2D eigenvalue weighted by molar-refractivity contribution is 0.627. The molecule has 0 aromatic carbocycles. The second-order valence-electron chi connectivity index (χ2n) is 2.87. The zero-order valence-electron chi connectivity index (χ0n) is 7.95. The van der Waals surface area contributed by atoms with Crippen LogP contribution >= 0.6 is 0 Å². The molecule has 13 heavy (non-hydrogen) atoms. The summed E-state index contributed by atoms with van der Waals surface area (Å²) in [6.45, 7) is 7.59. The molecule has 2 nitrogen and oxygen atoms in total. The Morgan fingerprint density at radius 2 is 2.00 bits per heavy atom. The van der Waals surface area contributed by atoms with Crippen molar-refractivity contribution in [1.82, 2.24) is 0 Å². The van der Waals surface area contributed by atoms with Crippen molar-refractivity contribution in [3.63, 3.8) is 0 Å². The normalized spacial score (nSPS) is 9.69. The third-order valence-electron chi connectivity index (χ3n) is 1.24. The second-order valence-corrected chi connectivity index (χ2v) is 3.63. The molecule has 0 unspecified atom stereocenters. The van der Waals surface area contributed by atoms with Crippen molar-refractivity contribution in [3.8, 4) is 0 Å². The third kappa shape index (κ3) is 8.82. The molecule has 0 spiro atoms. The van der Waals surface area contributed by atoms with Crippen LogP contribution in [0.1, 0.15) is 20.3 Å². The van der Waals surface area contributed by atoms with Crippen LogP contribution in [0.4, 0.5) is 0 Å².